The molecule has 3 aromatic rings. The molecule has 0 radical (unpaired) electrons. The molecule has 3 rings (SSSR count). The highest BCUT2D eigenvalue weighted by atomic mass is 35.5. The third-order valence-corrected chi connectivity index (χ3v) is 4.03. The summed E-state index contributed by atoms with van der Waals surface area (Å²) in [6.45, 7) is 1.89. The van der Waals surface area contributed by atoms with E-state index >= 15 is 0 Å². The summed E-state index contributed by atoms with van der Waals surface area (Å²) in [5, 5.41) is 6.84. The predicted octanol–water partition coefficient (Wildman–Crippen LogP) is 4.57. The number of rotatable bonds is 3. The normalized spacial score (nSPS) is 11.0. The molecule has 0 unspecified atom stereocenters. The third kappa shape index (κ3) is 3.41. The van der Waals surface area contributed by atoms with Gasteiger partial charge in [0.2, 0.25) is 0 Å². The van der Waals surface area contributed by atoms with Crippen LogP contribution in [0.25, 0.3) is 10.8 Å². The van der Waals surface area contributed by atoms with E-state index in [0.717, 1.165) is 21.9 Å². The van der Waals surface area contributed by atoms with Gasteiger partial charge in [-0.1, -0.05) is 60.1 Å². The Balaban J connectivity index is 1.77. The Morgan fingerprint density at radius 2 is 1.87 bits per heavy atom. The van der Waals surface area contributed by atoms with E-state index in [2.05, 4.69) is 10.5 Å². The van der Waals surface area contributed by atoms with Crippen molar-refractivity contribution in [2.45, 2.75) is 6.92 Å². The molecule has 4 heteroatoms. The quantitative estimate of drug-likeness (QED) is 0.557. The van der Waals surface area contributed by atoms with Gasteiger partial charge in [-0.3, -0.25) is 4.79 Å². The topological polar surface area (TPSA) is 41.5 Å². The number of halogens is 1. The summed E-state index contributed by atoms with van der Waals surface area (Å²) in [5.41, 5.74) is 4.90. The fourth-order valence-corrected chi connectivity index (χ4v) is 2.50. The zero-order valence-corrected chi connectivity index (χ0v) is 13.3. The predicted molar refractivity (Wildman–Crippen MR) is 95.2 cm³/mol. The second kappa shape index (κ2) is 6.63. The monoisotopic (exact) mass is 322 g/mol. The van der Waals surface area contributed by atoms with Crippen LogP contribution in [0.5, 0.6) is 0 Å². The van der Waals surface area contributed by atoms with E-state index < -0.39 is 0 Å². The SMILES string of the molecule is Cc1ccc(C(=O)N/N=C\c2cccc3ccccc23)cc1Cl. The van der Waals surface area contributed by atoms with Crippen molar-refractivity contribution in [3.8, 4) is 0 Å². The van der Waals surface area contributed by atoms with Crippen LogP contribution < -0.4 is 5.43 Å². The minimum atomic E-state index is -0.289. The lowest BCUT2D eigenvalue weighted by Crippen LogP contribution is -2.17. The standard InChI is InChI=1S/C19H15ClN2O/c1-13-9-10-15(11-18(13)20)19(23)22-21-12-16-7-4-6-14-5-2-3-8-17(14)16/h2-12H,1H3,(H,22,23)/b21-12-. The lowest BCUT2D eigenvalue weighted by molar-refractivity contribution is 0.0955. The summed E-state index contributed by atoms with van der Waals surface area (Å²) in [7, 11) is 0. The number of carbonyl (C=O) groups is 1. The van der Waals surface area contributed by atoms with Gasteiger partial charge in [0.1, 0.15) is 0 Å². The van der Waals surface area contributed by atoms with Gasteiger partial charge in [0.15, 0.2) is 0 Å². The lowest BCUT2D eigenvalue weighted by atomic mass is 10.1. The van der Waals surface area contributed by atoms with Crippen LogP contribution in [0.15, 0.2) is 65.8 Å². The van der Waals surface area contributed by atoms with Crippen LogP contribution in [0.1, 0.15) is 21.5 Å². The first kappa shape index (κ1) is 15.3. The molecule has 0 atom stereocenters. The summed E-state index contributed by atoms with van der Waals surface area (Å²) in [6, 6.07) is 19.2. The van der Waals surface area contributed by atoms with Gasteiger partial charge in [0, 0.05) is 16.1 Å². The Hall–Kier alpha value is -2.65. The van der Waals surface area contributed by atoms with Crippen LogP contribution in [0.2, 0.25) is 5.02 Å². The van der Waals surface area contributed by atoms with Crippen LogP contribution in [0, 0.1) is 6.92 Å². The molecule has 0 saturated carbocycles. The molecule has 0 aliphatic rings. The number of carbonyl (C=O) groups excluding carboxylic acids is 1. The molecular weight excluding hydrogens is 308 g/mol. The summed E-state index contributed by atoms with van der Waals surface area (Å²) in [5.74, 6) is -0.289. The van der Waals surface area contributed by atoms with E-state index in [1.54, 1.807) is 18.3 Å². The molecular formula is C19H15ClN2O. The van der Waals surface area contributed by atoms with Crippen LogP contribution in [-0.4, -0.2) is 12.1 Å². The summed E-state index contributed by atoms with van der Waals surface area (Å²) >= 11 is 6.03. The zero-order valence-electron chi connectivity index (χ0n) is 12.6. The molecule has 114 valence electrons. The molecule has 0 aliphatic carbocycles. The Morgan fingerprint density at radius 3 is 2.70 bits per heavy atom. The largest absolute Gasteiger partial charge is 0.271 e. The lowest BCUT2D eigenvalue weighted by Gasteiger charge is -2.03. The number of nitrogens with zero attached hydrogens (tertiary/aromatic N) is 1. The second-order valence-electron chi connectivity index (χ2n) is 5.23. The van der Waals surface area contributed by atoms with Crippen LogP contribution in [0.3, 0.4) is 0 Å². The summed E-state index contributed by atoms with van der Waals surface area (Å²) in [4.78, 5) is 12.1. The second-order valence-corrected chi connectivity index (χ2v) is 5.64. The maximum atomic E-state index is 12.1. The molecule has 1 amide bonds. The molecule has 0 spiro atoms. The van der Waals surface area contributed by atoms with Crippen LogP contribution in [-0.2, 0) is 0 Å². The summed E-state index contributed by atoms with van der Waals surface area (Å²) < 4.78 is 0. The Labute approximate surface area is 139 Å². The van der Waals surface area contributed by atoms with E-state index in [4.69, 9.17) is 11.6 Å². The Bertz CT molecular complexity index is 898. The third-order valence-electron chi connectivity index (χ3n) is 3.63. The van der Waals surface area contributed by atoms with Crippen LogP contribution >= 0.6 is 11.6 Å². The average Bonchev–Trinajstić information content (AvgIpc) is 2.57. The Morgan fingerprint density at radius 1 is 1.09 bits per heavy atom. The van der Waals surface area contributed by atoms with Crippen molar-refractivity contribution in [3.05, 3.63) is 82.4 Å². The van der Waals surface area contributed by atoms with Crippen molar-refractivity contribution >= 4 is 34.5 Å². The molecule has 23 heavy (non-hydrogen) atoms. The van der Waals surface area contributed by atoms with Crippen molar-refractivity contribution in [3.63, 3.8) is 0 Å². The van der Waals surface area contributed by atoms with Crippen molar-refractivity contribution < 1.29 is 4.79 Å². The average molecular weight is 323 g/mol. The number of amides is 1. The van der Waals surface area contributed by atoms with Gasteiger partial charge in [-0.2, -0.15) is 5.10 Å². The first-order valence-corrected chi connectivity index (χ1v) is 7.60. The van der Waals surface area contributed by atoms with E-state index in [1.807, 2.05) is 55.5 Å². The molecule has 0 saturated heterocycles. The minimum Gasteiger partial charge on any atom is -0.267 e. The van der Waals surface area contributed by atoms with Gasteiger partial charge >= 0.3 is 0 Å². The molecule has 0 bridgehead atoms. The number of nitrogens with one attached hydrogen (secondary N) is 1. The summed E-state index contributed by atoms with van der Waals surface area (Å²) in [6.07, 6.45) is 1.65. The first-order chi connectivity index (χ1) is 11.1. The van der Waals surface area contributed by atoms with E-state index in [-0.39, 0.29) is 5.91 Å². The number of hydrazone groups is 1. The van der Waals surface area contributed by atoms with Gasteiger partial charge in [0.25, 0.3) is 5.91 Å². The molecule has 0 fully saturated rings. The number of aryl methyl sites for hydroxylation is 1. The van der Waals surface area contributed by atoms with Gasteiger partial charge in [0.05, 0.1) is 6.21 Å². The minimum absolute atomic E-state index is 0.289. The smallest absolute Gasteiger partial charge is 0.267 e. The van der Waals surface area contributed by atoms with Crippen LogP contribution in [0.4, 0.5) is 0 Å². The van der Waals surface area contributed by atoms with Crippen molar-refractivity contribution in [1.82, 2.24) is 5.43 Å². The van der Waals surface area contributed by atoms with Gasteiger partial charge in [-0.25, -0.2) is 5.43 Å². The molecule has 0 heterocycles. The number of hydrogen-bond acceptors (Lipinski definition) is 2. The maximum absolute atomic E-state index is 12.1. The van der Waals surface area contributed by atoms with Crippen molar-refractivity contribution in [1.29, 1.82) is 0 Å². The number of fused-ring (bicyclic) bond motifs is 1. The number of benzene rings is 3. The van der Waals surface area contributed by atoms with Crippen molar-refractivity contribution in [2.75, 3.05) is 0 Å². The maximum Gasteiger partial charge on any atom is 0.271 e. The first-order valence-electron chi connectivity index (χ1n) is 7.22. The van der Waals surface area contributed by atoms with E-state index in [1.165, 1.54) is 0 Å². The van der Waals surface area contributed by atoms with Gasteiger partial charge < -0.3 is 0 Å². The number of hydrogen-bond donors (Lipinski definition) is 1. The van der Waals surface area contributed by atoms with Gasteiger partial charge in [-0.05, 0) is 35.4 Å². The molecule has 3 aromatic carbocycles. The van der Waals surface area contributed by atoms with Crippen molar-refractivity contribution in [2.24, 2.45) is 5.10 Å². The molecule has 3 nitrogen and oxygen atoms in total. The zero-order chi connectivity index (χ0) is 16.2. The fraction of sp³-hybridized carbons (Fsp3) is 0.0526. The van der Waals surface area contributed by atoms with Gasteiger partial charge in [-0.15, -0.1) is 0 Å². The Kier molecular flexibility index (Phi) is 4.40. The fourth-order valence-electron chi connectivity index (χ4n) is 2.32. The highest BCUT2D eigenvalue weighted by Crippen LogP contribution is 2.17. The molecule has 0 aromatic heterocycles. The molecule has 0 aliphatic heterocycles. The van der Waals surface area contributed by atoms with E-state index in [0.29, 0.717) is 10.6 Å². The highest BCUT2D eigenvalue weighted by molar-refractivity contribution is 6.31. The highest BCUT2D eigenvalue weighted by Gasteiger charge is 2.06. The molecule has 1 N–H and O–H groups in total. The van der Waals surface area contributed by atoms with E-state index in [9.17, 15) is 4.79 Å².